The van der Waals surface area contributed by atoms with Crippen molar-refractivity contribution in [2.24, 2.45) is 0 Å². The van der Waals surface area contributed by atoms with Gasteiger partial charge in [0, 0.05) is 22.4 Å². The molecular weight excluding hydrogens is 384 g/mol. The highest BCUT2D eigenvalue weighted by Crippen LogP contribution is 2.38. The van der Waals surface area contributed by atoms with Gasteiger partial charge in [-0.1, -0.05) is 12.1 Å². The minimum atomic E-state index is -0.130. The molecule has 6 heteroatoms. The van der Waals surface area contributed by atoms with E-state index in [1.165, 1.54) is 10.4 Å². The summed E-state index contributed by atoms with van der Waals surface area (Å²) in [6.45, 7) is 6.55. The third-order valence-electron chi connectivity index (χ3n) is 5.68. The summed E-state index contributed by atoms with van der Waals surface area (Å²) in [6, 6.07) is 4.06. The van der Waals surface area contributed by atoms with Crippen molar-refractivity contribution in [3.63, 3.8) is 0 Å². The molecule has 1 aliphatic carbocycles. The van der Waals surface area contributed by atoms with E-state index in [0.717, 1.165) is 53.3 Å². The van der Waals surface area contributed by atoms with Crippen LogP contribution in [0.25, 0.3) is 11.0 Å². The van der Waals surface area contributed by atoms with Gasteiger partial charge in [0.1, 0.15) is 10.6 Å². The number of carbonyl (C=O) groups excluding carboxylic acids is 2. The summed E-state index contributed by atoms with van der Waals surface area (Å²) in [5, 5.41) is 7.55. The SMILES string of the molecule is CCNC(=O)c1c(NC(=O)Cc2coc3c(C)c(C)ccc23)sc2c1CCCC2. The Morgan fingerprint density at radius 2 is 1.97 bits per heavy atom. The minimum Gasteiger partial charge on any atom is -0.464 e. The van der Waals surface area contributed by atoms with Gasteiger partial charge in [0.2, 0.25) is 5.91 Å². The van der Waals surface area contributed by atoms with E-state index in [0.29, 0.717) is 17.1 Å². The molecule has 0 atom stereocenters. The number of hydrogen-bond donors (Lipinski definition) is 2. The Morgan fingerprint density at radius 1 is 1.17 bits per heavy atom. The van der Waals surface area contributed by atoms with Gasteiger partial charge in [-0.15, -0.1) is 11.3 Å². The monoisotopic (exact) mass is 410 g/mol. The lowest BCUT2D eigenvalue weighted by atomic mass is 9.95. The van der Waals surface area contributed by atoms with Crippen LogP contribution in [0.1, 0.15) is 57.3 Å². The lowest BCUT2D eigenvalue weighted by molar-refractivity contribution is -0.115. The van der Waals surface area contributed by atoms with E-state index in [4.69, 9.17) is 4.42 Å². The fourth-order valence-electron chi connectivity index (χ4n) is 4.01. The third kappa shape index (κ3) is 3.69. The van der Waals surface area contributed by atoms with Crippen molar-refractivity contribution >= 4 is 39.1 Å². The van der Waals surface area contributed by atoms with Crippen LogP contribution in [0.5, 0.6) is 0 Å². The molecule has 0 spiro atoms. The summed E-state index contributed by atoms with van der Waals surface area (Å²) in [4.78, 5) is 26.7. The number of fused-ring (bicyclic) bond motifs is 2. The third-order valence-corrected chi connectivity index (χ3v) is 6.89. The molecule has 2 amide bonds. The first-order valence-electron chi connectivity index (χ1n) is 10.2. The molecule has 0 unspecified atom stereocenters. The van der Waals surface area contributed by atoms with Crippen LogP contribution in [0, 0.1) is 13.8 Å². The molecule has 3 aromatic rings. The standard InChI is InChI=1S/C23H26N2O3S/c1-4-24-22(27)20-17-7-5-6-8-18(17)29-23(20)25-19(26)11-15-12-28-21-14(3)13(2)9-10-16(15)21/h9-10,12H,4-8,11H2,1-3H3,(H,24,27)(H,25,26). The second-order valence-electron chi connectivity index (χ2n) is 7.64. The van der Waals surface area contributed by atoms with Gasteiger partial charge >= 0.3 is 0 Å². The Morgan fingerprint density at radius 3 is 2.76 bits per heavy atom. The number of rotatable bonds is 5. The van der Waals surface area contributed by atoms with Crippen LogP contribution in [0.4, 0.5) is 5.00 Å². The van der Waals surface area contributed by atoms with Crippen LogP contribution < -0.4 is 10.6 Å². The van der Waals surface area contributed by atoms with Gasteiger partial charge in [0.15, 0.2) is 0 Å². The zero-order valence-corrected chi connectivity index (χ0v) is 17.9. The van der Waals surface area contributed by atoms with Gasteiger partial charge < -0.3 is 15.1 Å². The van der Waals surface area contributed by atoms with Crippen LogP contribution in [-0.4, -0.2) is 18.4 Å². The summed E-state index contributed by atoms with van der Waals surface area (Å²) < 4.78 is 5.73. The van der Waals surface area contributed by atoms with E-state index >= 15 is 0 Å². The largest absolute Gasteiger partial charge is 0.464 e. The zero-order valence-electron chi connectivity index (χ0n) is 17.1. The molecule has 4 rings (SSSR count). The predicted molar refractivity (Wildman–Crippen MR) is 117 cm³/mol. The molecule has 2 aromatic heterocycles. The molecule has 0 bridgehead atoms. The summed E-state index contributed by atoms with van der Waals surface area (Å²) in [5.41, 5.74) is 5.73. The number of anilines is 1. The molecule has 152 valence electrons. The quantitative estimate of drug-likeness (QED) is 0.627. The average molecular weight is 411 g/mol. The first-order valence-corrected chi connectivity index (χ1v) is 11.0. The van der Waals surface area contributed by atoms with Crippen molar-refractivity contribution in [1.29, 1.82) is 0 Å². The molecule has 2 N–H and O–H groups in total. The van der Waals surface area contributed by atoms with Crippen LogP contribution in [-0.2, 0) is 24.1 Å². The number of nitrogens with one attached hydrogen (secondary N) is 2. The van der Waals surface area contributed by atoms with Crippen molar-refractivity contribution in [1.82, 2.24) is 5.32 Å². The first kappa shape index (κ1) is 19.7. The van der Waals surface area contributed by atoms with E-state index in [2.05, 4.69) is 16.7 Å². The minimum absolute atomic E-state index is 0.0953. The number of aryl methyl sites for hydroxylation is 3. The molecular formula is C23H26N2O3S. The highest BCUT2D eigenvalue weighted by Gasteiger charge is 2.26. The number of hydrogen-bond acceptors (Lipinski definition) is 4. The van der Waals surface area contributed by atoms with E-state index in [1.54, 1.807) is 17.6 Å². The second-order valence-corrected chi connectivity index (χ2v) is 8.75. The Hall–Kier alpha value is -2.60. The molecule has 0 fully saturated rings. The lowest BCUT2D eigenvalue weighted by Gasteiger charge is -2.12. The number of furan rings is 1. The molecule has 29 heavy (non-hydrogen) atoms. The summed E-state index contributed by atoms with van der Waals surface area (Å²) >= 11 is 1.55. The van der Waals surface area contributed by atoms with Crippen molar-refractivity contribution in [2.75, 3.05) is 11.9 Å². The number of amides is 2. The Kier molecular flexibility index (Phi) is 5.46. The fourth-order valence-corrected chi connectivity index (χ4v) is 5.32. The first-order chi connectivity index (χ1) is 14.0. The smallest absolute Gasteiger partial charge is 0.254 e. The molecule has 0 aliphatic heterocycles. The number of thiophene rings is 1. The Balaban J connectivity index is 1.60. The molecule has 2 heterocycles. The second kappa shape index (κ2) is 8.03. The molecule has 0 saturated carbocycles. The van der Waals surface area contributed by atoms with Crippen LogP contribution in [0.3, 0.4) is 0 Å². The van der Waals surface area contributed by atoms with Crippen molar-refractivity contribution in [3.05, 3.63) is 51.1 Å². The van der Waals surface area contributed by atoms with Gasteiger partial charge in [-0.25, -0.2) is 0 Å². The van der Waals surface area contributed by atoms with Crippen LogP contribution in [0.2, 0.25) is 0 Å². The van der Waals surface area contributed by atoms with E-state index < -0.39 is 0 Å². The molecule has 1 aromatic carbocycles. The Labute approximate surface area is 174 Å². The topological polar surface area (TPSA) is 71.3 Å². The van der Waals surface area contributed by atoms with Crippen molar-refractivity contribution in [3.8, 4) is 0 Å². The summed E-state index contributed by atoms with van der Waals surface area (Å²) in [7, 11) is 0. The lowest BCUT2D eigenvalue weighted by Crippen LogP contribution is -2.25. The van der Waals surface area contributed by atoms with Crippen LogP contribution in [0.15, 0.2) is 22.8 Å². The maximum absolute atomic E-state index is 12.8. The van der Waals surface area contributed by atoms with Gasteiger partial charge in [-0.2, -0.15) is 0 Å². The fraction of sp³-hybridized carbons (Fsp3) is 0.391. The normalized spacial score (nSPS) is 13.3. The molecule has 0 saturated heterocycles. The molecule has 0 radical (unpaired) electrons. The maximum Gasteiger partial charge on any atom is 0.254 e. The zero-order chi connectivity index (χ0) is 20.5. The molecule has 5 nitrogen and oxygen atoms in total. The number of carbonyl (C=O) groups is 2. The highest BCUT2D eigenvalue weighted by atomic mass is 32.1. The van der Waals surface area contributed by atoms with E-state index in [9.17, 15) is 9.59 Å². The summed E-state index contributed by atoms with van der Waals surface area (Å²) in [5.74, 6) is -0.225. The highest BCUT2D eigenvalue weighted by molar-refractivity contribution is 7.17. The van der Waals surface area contributed by atoms with Crippen molar-refractivity contribution < 1.29 is 14.0 Å². The summed E-state index contributed by atoms with van der Waals surface area (Å²) in [6.07, 6.45) is 5.99. The average Bonchev–Trinajstić information content (AvgIpc) is 3.26. The van der Waals surface area contributed by atoms with Gasteiger partial charge in [-0.3, -0.25) is 9.59 Å². The van der Waals surface area contributed by atoms with Gasteiger partial charge in [0.05, 0.1) is 18.2 Å². The number of benzene rings is 1. The predicted octanol–water partition coefficient (Wildman–Crippen LogP) is 4.92. The van der Waals surface area contributed by atoms with Gasteiger partial charge in [0.25, 0.3) is 5.91 Å². The molecule has 1 aliphatic rings. The Bertz CT molecular complexity index is 1090. The van der Waals surface area contributed by atoms with Crippen LogP contribution >= 0.6 is 11.3 Å². The van der Waals surface area contributed by atoms with E-state index in [-0.39, 0.29) is 18.2 Å². The van der Waals surface area contributed by atoms with E-state index in [1.807, 2.05) is 26.8 Å². The van der Waals surface area contributed by atoms with Gasteiger partial charge in [-0.05, 0) is 63.1 Å². The maximum atomic E-state index is 12.8. The van der Waals surface area contributed by atoms with Crippen molar-refractivity contribution in [2.45, 2.75) is 52.9 Å².